The number of aliphatic hydroxyl groups excluding tert-OH is 1. The summed E-state index contributed by atoms with van der Waals surface area (Å²) in [6, 6.07) is 1.22. The Labute approximate surface area is 209 Å². The number of rotatable bonds is 5. The van der Waals surface area contributed by atoms with Crippen molar-refractivity contribution >= 4 is 11.9 Å². The van der Waals surface area contributed by atoms with Gasteiger partial charge in [-0.3, -0.25) is 4.79 Å². The Kier molecular flexibility index (Phi) is 9.39. The van der Waals surface area contributed by atoms with E-state index < -0.39 is 0 Å². The molecule has 2 N–H and O–H groups in total. The quantitative estimate of drug-likeness (QED) is 0.626. The maximum Gasteiger partial charge on any atom is 0.317 e. The van der Waals surface area contributed by atoms with Crippen molar-refractivity contribution in [1.29, 1.82) is 0 Å². The minimum Gasteiger partial charge on any atom is -0.472 e. The van der Waals surface area contributed by atoms with Crippen LogP contribution < -0.4 is 10.1 Å². The molecule has 1 aliphatic carbocycles. The maximum absolute atomic E-state index is 13.5. The number of fused-ring (bicyclic) bond motifs is 1. The standard InChI is InChI=1S/C27H40N4O4/c1-18(2)29-27(34)30(5)16-24-19(3)15-31(20(4)17-32)26(33)23-13-22(14-28-25(23)35-24)12-11-21-9-7-6-8-10-21/h13-14,18-21,24,32H,6-10,15-17H2,1-5H3,(H,29,34)/t19-,20-,24+/m0/s1. The molecule has 1 aromatic heterocycles. The van der Waals surface area contributed by atoms with Crippen LogP contribution in [0.4, 0.5) is 4.79 Å². The summed E-state index contributed by atoms with van der Waals surface area (Å²) in [5.74, 6) is 6.87. The Morgan fingerprint density at radius 3 is 2.69 bits per heavy atom. The predicted octanol–water partition coefficient (Wildman–Crippen LogP) is 3.28. The lowest BCUT2D eigenvalue weighted by molar-refractivity contribution is 0.0351. The molecule has 192 valence electrons. The first-order valence-corrected chi connectivity index (χ1v) is 12.8. The highest BCUT2D eigenvalue weighted by molar-refractivity contribution is 5.97. The molecule has 0 spiro atoms. The number of hydrogen-bond donors (Lipinski definition) is 2. The number of nitrogens with zero attached hydrogens (tertiary/aromatic N) is 3. The minimum atomic E-state index is -0.384. The number of nitrogens with one attached hydrogen (secondary N) is 1. The van der Waals surface area contributed by atoms with Gasteiger partial charge in [0.05, 0.1) is 19.2 Å². The zero-order valence-corrected chi connectivity index (χ0v) is 21.7. The summed E-state index contributed by atoms with van der Waals surface area (Å²) in [5.41, 5.74) is 1.02. The molecule has 0 aromatic carbocycles. The van der Waals surface area contributed by atoms with Gasteiger partial charge in [0.1, 0.15) is 11.7 Å². The first kappa shape index (κ1) is 26.8. The molecule has 3 rings (SSSR count). The minimum absolute atomic E-state index is 0.0228. The first-order valence-electron chi connectivity index (χ1n) is 12.8. The second kappa shape index (κ2) is 12.3. The largest absolute Gasteiger partial charge is 0.472 e. The SMILES string of the molecule is CC(C)NC(=O)N(C)C[C@H]1Oc2ncc(C#CC3CCCCC3)cc2C(=O)N([C@@H](C)CO)C[C@@H]1C. The Hall–Kier alpha value is -2.79. The Balaban J connectivity index is 1.90. The highest BCUT2D eigenvalue weighted by Gasteiger charge is 2.34. The zero-order chi connectivity index (χ0) is 25.5. The summed E-state index contributed by atoms with van der Waals surface area (Å²) >= 11 is 0. The van der Waals surface area contributed by atoms with E-state index >= 15 is 0 Å². The number of aromatic nitrogens is 1. The van der Waals surface area contributed by atoms with Gasteiger partial charge in [-0.25, -0.2) is 9.78 Å². The third kappa shape index (κ3) is 7.11. The summed E-state index contributed by atoms with van der Waals surface area (Å²) in [6.07, 6.45) is 7.21. The number of carbonyl (C=O) groups excluding carboxylic acids is 2. The molecule has 2 heterocycles. The van der Waals surface area contributed by atoms with Crippen LogP contribution >= 0.6 is 0 Å². The lowest BCUT2D eigenvalue weighted by Crippen LogP contribution is -2.51. The molecule has 35 heavy (non-hydrogen) atoms. The van der Waals surface area contributed by atoms with Gasteiger partial charge in [-0.05, 0) is 39.7 Å². The number of ether oxygens (including phenoxy) is 1. The molecule has 0 bridgehead atoms. The van der Waals surface area contributed by atoms with Gasteiger partial charge in [-0.1, -0.05) is 38.0 Å². The van der Waals surface area contributed by atoms with Gasteiger partial charge in [0.25, 0.3) is 5.91 Å². The van der Waals surface area contributed by atoms with E-state index in [0.29, 0.717) is 30.1 Å². The molecule has 1 aliphatic heterocycles. The van der Waals surface area contributed by atoms with E-state index in [1.54, 1.807) is 29.1 Å². The highest BCUT2D eigenvalue weighted by atomic mass is 16.5. The normalized spacial score (nSPS) is 21.7. The third-order valence-corrected chi connectivity index (χ3v) is 6.76. The molecule has 0 radical (unpaired) electrons. The van der Waals surface area contributed by atoms with Crippen molar-refractivity contribution in [3.05, 3.63) is 23.4 Å². The molecule has 2 aliphatic rings. The van der Waals surface area contributed by atoms with E-state index in [9.17, 15) is 14.7 Å². The molecule has 3 atom stereocenters. The van der Waals surface area contributed by atoms with Crippen molar-refractivity contribution in [3.8, 4) is 17.7 Å². The molecule has 8 nitrogen and oxygen atoms in total. The van der Waals surface area contributed by atoms with Crippen molar-refractivity contribution in [2.24, 2.45) is 11.8 Å². The van der Waals surface area contributed by atoms with Gasteiger partial charge < -0.3 is 25.0 Å². The van der Waals surface area contributed by atoms with E-state index in [1.165, 1.54) is 19.3 Å². The van der Waals surface area contributed by atoms with Gasteiger partial charge >= 0.3 is 6.03 Å². The van der Waals surface area contributed by atoms with Crippen molar-refractivity contribution in [2.45, 2.75) is 78.0 Å². The maximum atomic E-state index is 13.5. The monoisotopic (exact) mass is 484 g/mol. The Morgan fingerprint density at radius 2 is 2.03 bits per heavy atom. The zero-order valence-electron chi connectivity index (χ0n) is 21.7. The fourth-order valence-corrected chi connectivity index (χ4v) is 4.53. The summed E-state index contributed by atoms with van der Waals surface area (Å²) in [5, 5.41) is 12.7. The van der Waals surface area contributed by atoms with Crippen LogP contribution in [0.1, 0.15) is 75.7 Å². The number of urea groups is 1. The number of pyridine rings is 1. The van der Waals surface area contributed by atoms with Crippen LogP contribution in [0.2, 0.25) is 0 Å². The third-order valence-electron chi connectivity index (χ3n) is 6.76. The molecule has 1 aromatic rings. The second-order valence-corrected chi connectivity index (χ2v) is 10.3. The van der Waals surface area contributed by atoms with Crippen LogP contribution in [-0.4, -0.2) is 76.8 Å². The van der Waals surface area contributed by atoms with Crippen LogP contribution in [-0.2, 0) is 0 Å². The number of carbonyl (C=O) groups is 2. The average Bonchev–Trinajstić information content (AvgIpc) is 2.84. The Morgan fingerprint density at radius 1 is 1.31 bits per heavy atom. The molecule has 8 heteroatoms. The molecule has 0 saturated heterocycles. The van der Waals surface area contributed by atoms with Crippen LogP contribution in [0.5, 0.6) is 5.88 Å². The van der Waals surface area contributed by atoms with Crippen molar-refractivity contribution in [3.63, 3.8) is 0 Å². The number of likely N-dealkylation sites (N-methyl/N-ethyl adjacent to an activating group) is 1. The summed E-state index contributed by atoms with van der Waals surface area (Å²) in [6.45, 7) is 8.21. The highest BCUT2D eigenvalue weighted by Crippen LogP contribution is 2.28. The summed E-state index contributed by atoms with van der Waals surface area (Å²) < 4.78 is 6.27. The van der Waals surface area contributed by atoms with Crippen molar-refractivity contribution in [2.75, 3.05) is 26.7 Å². The van der Waals surface area contributed by atoms with E-state index in [-0.39, 0.29) is 48.5 Å². The first-order chi connectivity index (χ1) is 16.7. The van der Waals surface area contributed by atoms with Crippen LogP contribution in [0.15, 0.2) is 12.3 Å². The lowest BCUT2D eigenvalue weighted by atomic mass is 9.90. The molecule has 3 amide bonds. The van der Waals surface area contributed by atoms with Gasteiger partial charge in [0, 0.05) is 43.2 Å². The molecule has 1 saturated carbocycles. The van der Waals surface area contributed by atoms with Gasteiger partial charge in [0.2, 0.25) is 5.88 Å². The van der Waals surface area contributed by atoms with Gasteiger partial charge in [-0.15, -0.1) is 0 Å². The smallest absolute Gasteiger partial charge is 0.317 e. The van der Waals surface area contributed by atoms with Crippen LogP contribution in [0.25, 0.3) is 0 Å². The molecule has 0 unspecified atom stereocenters. The van der Waals surface area contributed by atoms with Crippen LogP contribution in [0, 0.1) is 23.7 Å². The molecular weight excluding hydrogens is 444 g/mol. The van der Waals surface area contributed by atoms with Crippen LogP contribution in [0.3, 0.4) is 0 Å². The van der Waals surface area contributed by atoms with E-state index in [4.69, 9.17) is 4.74 Å². The lowest BCUT2D eigenvalue weighted by Gasteiger charge is -2.37. The topological polar surface area (TPSA) is 95.0 Å². The number of hydrogen-bond acceptors (Lipinski definition) is 5. The number of aliphatic hydroxyl groups is 1. The average molecular weight is 485 g/mol. The second-order valence-electron chi connectivity index (χ2n) is 10.3. The molecule has 1 fully saturated rings. The van der Waals surface area contributed by atoms with Crippen molar-refractivity contribution in [1.82, 2.24) is 20.1 Å². The van der Waals surface area contributed by atoms with Gasteiger partial charge in [-0.2, -0.15) is 0 Å². The number of amides is 3. The fraction of sp³-hybridized carbons (Fsp3) is 0.667. The van der Waals surface area contributed by atoms with Crippen molar-refractivity contribution < 1.29 is 19.4 Å². The fourth-order valence-electron chi connectivity index (χ4n) is 4.53. The predicted molar refractivity (Wildman–Crippen MR) is 135 cm³/mol. The van der Waals surface area contributed by atoms with E-state index in [0.717, 1.165) is 12.8 Å². The summed E-state index contributed by atoms with van der Waals surface area (Å²) in [4.78, 5) is 33.8. The molecular formula is C27H40N4O4. The Bertz CT molecular complexity index is 948. The summed E-state index contributed by atoms with van der Waals surface area (Å²) in [7, 11) is 1.73. The van der Waals surface area contributed by atoms with E-state index in [1.807, 2.05) is 27.7 Å². The van der Waals surface area contributed by atoms with Gasteiger partial charge in [0.15, 0.2) is 0 Å². The van der Waals surface area contributed by atoms with E-state index in [2.05, 4.69) is 22.1 Å².